The lowest BCUT2D eigenvalue weighted by Crippen LogP contribution is -2.04. The fourth-order valence-electron chi connectivity index (χ4n) is 1.71. The maximum Gasteiger partial charge on any atom is 0.416 e. The second-order valence-corrected chi connectivity index (χ2v) is 3.94. The topological polar surface area (TPSA) is 0 Å². The van der Waals surface area contributed by atoms with Crippen molar-refractivity contribution in [2.75, 3.05) is 0 Å². The molecule has 1 aliphatic rings. The Morgan fingerprint density at radius 2 is 1.64 bits per heavy atom. The van der Waals surface area contributed by atoms with E-state index in [4.69, 9.17) is 0 Å². The van der Waals surface area contributed by atoms with Crippen LogP contribution in [0.15, 0.2) is 24.3 Å². The fraction of sp³-hybridized carbons (Fsp3) is 0.455. The minimum Gasteiger partial charge on any atom is -0.166 e. The maximum atomic E-state index is 12.2. The third-order valence-electron chi connectivity index (χ3n) is 2.78. The van der Waals surface area contributed by atoms with E-state index in [2.05, 4.69) is 6.92 Å². The standard InChI is InChI=1S/C11H11F3/c1-7-6-10(7)8-2-4-9(5-3-8)11(12,13)14/h2-5,7,10H,6H2,1H3/t7-,10?/m1/s1. The lowest BCUT2D eigenvalue weighted by atomic mass is 10.1. The molecule has 1 saturated carbocycles. The highest BCUT2D eigenvalue weighted by molar-refractivity contribution is 5.30. The van der Waals surface area contributed by atoms with Crippen LogP contribution in [0.25, 0.3) is 0 Å². The molecule has 0 nitrogen and oxygen atoms in total. The summed E-state index contributed by atoms with van der Waals surface area (Å²) in [5, 5.41) is 0. The first-order valence-electron chi connectivity index (χ1n) is 4.65. The van der Waals surface area contributed by atoms with E-state index in [1.807, 2.05) is 0 Å². The average molecular weight is 200 g/mol. The van der Waals surface area contributed by atoms with Crippen LogP contribution in [0.3, 0.4) is 0 Å². The molecule has 1 unspecified atom stereocenters. The van der Waals surface area contributed by atoms with Crippen molar-refractivity contribution in [1.82, 2.24) is 0 Å². The van der Waals surface area contributed by atoms with Crippen LogP contribution in [0.1, 0.15) is 30.4 Å². The monoisotopic (exact) mass is 200 g/mol. The molecule has 76 valence electrons. The molecule has 0 heterocycles. The maximum absolute atomic E-state index is 12.2. The Kier molecular flexibility index (Phi) is 2.05. The van der Waals surface area contributed by atoms with Crippen molar-refractivity contribution in [3.8, 4) is 0 Å². The molecule has 0 spiro atoms. The summed E-state index contributed by atoms with van der Waals surface area (Å²) in [5.41, 5.74) is 0.472. The highest BCUT2D eigenvalue weighted by atomic mass is 19.4. The molecule has 0 aliphatic heterocycles. The lowest BCUT2D eigenvalue weighted by molar-refractivity contribution is -0.137. The Hall–Kier alpha value is -0.990. The molecule has 1 fully saturated rings. The van der Waals surface area contributed by atoms with Crippen molar-refractivity contribution in [2.45, 2.75) is 25.4 Å². The second kappa shape index (κ2) is 3.01. The molecule has 0 N–H and O–H groups in total. The Morgan fingerprint density at radius 3 is 2.00 bits per heavy atom. The van der Waals surface area contributed by atoms with Crippen molar-refractivity contribution < 1.29 is 13.2 Å². The summed E-state index contributed by atoms with van der Waals surface area (Å²) >= 11 is 0. The minimum atomic E-state index is -4.21. The van der Waals surface area contributed by atoms with E-state index in [1.54, 1.807) is 12.1 Å². The van der Waals surface area contributed by atoms with Crippen LogP contribution in [-0.2, 0) is 6.18 Å². The zero-order valence-corrected chi connectivity index (χ0v) is 7.81. The lowest BCUT2D eigenvalue weighted by Gasteiger charge is -2.06. The number of alkyl halides is 3. The van der Waals surface area contributed by atoms with E-state index in [0.29, 0.717) is 11.8 Å². The minimum absolute atomic E-state index is 0.484. The number of benzene rings is 1. The van der Waals surface area contributed by atoms with Crippen LogP contribution in [0.2, 0.25) is 0 Å². The van der Waals surface area contributed by atoms with Gasteiger partial charge in [0.05, 0.1) is 5.56 Å². The third-order valence-corrected chi connectivity index (χ3v) is 2.78. The third kappa shape index (κ3) is 1.76. The van der Waals surface area contributed by atoms with E-state index in [1.165, 1.54) is 12.1 Å². The van der Waals surface area contributed by atoms with Crippen LogP contribution in [0, 0.1) is 5.92 Å². The molecular weight excluding hydrogens is 189 g/mol. The first-order valence-corrected chi connectivity index (χ1v) is 4.65. The largest absolute Gasteiger partial charge is 0.416 e. The van der Waals surface area contributed by atoms with Crippen molar-refractivity contribution >= 4 is 0 Å². The number of hydrogen-bond acceptors (Lipinski definition) is 0. The van der Waals surface area contributed by atoms with Gasteiger partial charge >= 0.3 is 6.18 Å². The number of rotatable bonds is 1. The Morgan fingerprint density at radius 1 is 1.14 bits per heavy atom. The van der Waals surface area contributed by atoms with Crippen molar-refractivity contribution in [2.24, 2.45) is 5.92 Å². The van der Waals surface area contributed by atoms with E-state index >= 15 is 0 Å². The molecule has 0 radical (unpaired) electrons. The van der Waals surface area contributed by atoms with E-state index in [9.17, 15) is 13.2 Å². The fourth-order valence-corrected chi connectivity index (χ4v) is 1.71. The van der Waals surface area contributed by atoms with Gasteiger partial charge in [-0.05, 0) is 36.0 Å². The quantitative estimate of drug-likeness (QED) is 0.646. The van der Waals surface area contributed by atoms with E-state index in [-0.39, 0.29) is 0 Å². The molecule has 14 heavy (non-hydrogen) atoms. The molecule has 3 heteroatoms. The van der Waals surface area contributed by atoms with Gasteiger partial charge in [-0.2, -0.15) is 13.2 Å². The highest BCUT2D eigenvalue weighted by Crippen LogP contribution is 2.47. The van der Waals surface area contributed by atoms with Crippen LogP contribution in [0.5, 0.6) is 0 Å². The molecule has 0 amide bonds. The number of hydrogen-bond donors (Lipinski definition) is 0. The van der Waals surface area contributed by atoms with Gasteiger partial charge < -0.3 is 0 Å². The van der Waals surface area contributed by atoms with Gasteiger partial charge in [0.15, 0.2) is 0 Å². The molecular formula is C11H11F3. The van der Waals surface area contributed by atoms with Crippen LogP contribution >= 0.6 is 0 Å². The van der Waals surface area contributed by atoms with Gasteiger partial charge in [0.1, 0.15) is 0 Å². The number of halogens is 3. The molecule has 0 bridgehead atoms. The summed E-state index contributed by atoms with van der Waals surface area (Å²) in [7, 11) is 0. The van der Waals surface area contributed by atoms with Crippen molar-refractivity contribution in [3.05, 3.63) is 35.4 Å². The predicted octanol–water partition coefficient (Wildman–Crippen LogP) is 3.83. The zero-order valence-electron chi connectivity index (χ0n) is 7.81. The Labute approximate surface area is 80.7 Å². The molecule has 2 atom stereocenters. The molecule has 0 aromatic heterocycles. The molecule has 0 saturated heterocycles. The average Bonchev–Trinajstić information content (AvgIpc) is 2.81. The van der Waals surface area contributed by atoms with Gasteiger partial charge in [-0.1, -0.05) is 19.1 Å². The summed E-state index contributed by atoms with van der Waals surface area (Å²) in [6.45, 7) is 2.11. The summed E-state index contributed by atoms with van der Waals surface area (Å²) < 4.78 is 36.6. The summed E-state index contributed by atoms with van der Waals surface area (Å²) in [6, 6.07) is 5.52. The summed E-state index contributed by atoms with van der Waals surface area (Å²) in [4.78, 5) is 0. The van der Waals surface area contributed by atoms with Gasteiger partial charge in [0, 0.05) is 0 Å². The van der Waals surface area contributed by atoms with Crippen molar-refractivity contribution in [1.29, 1.82) is 0 Å². The van der Waals surface area contributed by atoms with Crippen molar-refractivity contribution in [3.63, 3.8) is 0 Å². The second-order valence-electron chi connectivity index (χ2n) is 3.94. The Bertz CT molecular complexity index is 323. The van der Waals surface area contributed by atoms with Crippen LogP contribution in [0.4, 0.5) is 13.2 Å². The normalized spacial score (nSPS) is 26.3. The van der Waals surface area contributed by atoms with Gasteiger partial charge in [0.25, 0.3) is 0 Å². The molecule has 1 aromatic carbocycles. The van der Waals surface area contributed by atoms with Gasteiger partial charge in [-0.3, -0.25) is 0 Å². The van der Waals surface area contributed by atoms with Gasteiger partial charge in [-0.25, -0.2) is 0 Å². The molecule has 1 aliphatic carbocycles. The zero-order chi connectivity index (χ0) is 10.3. The van der Waals surface area contributed by atoms with E-state index < -0.39 is 11.7 Å². The van der Waals surface area contributed by atoms with Gasteiger partial charge in [-0.15, -0.1) is 0 Å². The van der Waals surface area contributed by atoms with Crippen LogP contribution in [-0.4, -0.2) is 0 Å². The van der Waals surface area contributed by atoms with E-state index in [0.717, 1.165) is 12.0 Å². The smallest absolute Gasteiger partial charge is 0.166 e. The predicted molar refractivity (Wildman–Crippen MR) is 48.0 cm³/mol. The van der Waals surface area contributed by atoms with Gasteiger partial charge in [0.2, 0.25) is 0 Å². The summed E-state index contributed by atoms with van der Waals surface area (Å²) in [6.07, 6.45) is -3.11. The highest BCUT2D eigenvalue weighted by Gasteiger charge is 2.35. The van der Waals surface area contributed by atoms with Crippen LogP contribution < -0.4 is 0 Å². The summed E-state index contributed by atoms with van der Waals surface area (Å²) in [5.74, 6) is 1.11. The molecule has 1 aromatic rings. The first kappa shape index (κ1) is 9.56. The Balaban J connectivity index is 2.18. The molecule has 2 rings (SSSR count). The SMILES string of the molecule is C[C@@H]1CC1c1ccc(C(F)(F)F)cc1. The first-order chi connectivity index (χ1) is 6.48.